The van der Waals surface area contributed by atoms with Crippen molar-refractivity contribution in [2.24, 2.45) is 7.05 Å². The smallest absolute Gasteiger partial charge is 0.175 e. The summed E-state index contributed by atoms with van der Waals surface area (Å²) in [6.45, 7) is 2.09. The van der Waals surface area contributed by atoms with Gasteiger partial charge in [-0.25, -0.2) is 13.4 Å². The Hall–Kier alpha value is -2.67. The monoisotopic (exact) mass is 354 g/mol. The average Bonchev–Trinajstić information content (AvgIpc) is 3.14. The SMILES string of the molecule is CCc1c(-c2cccc(S(C)(=O)=O)c2)[nH]c2ncc3cnn(C)c3c12. The maximum Gasteiger partial charge on any atom is 0.175 e. The fraction of sp³-hybridized carbons (Fsp3) is 0.222. The van der Waals surface area contributed by atoms with Gasteiger partial charge in [0.15, 0.2) is 9.84 Å². The summed E-state index contributed by atoms with van der Waals surface area (Å²) >= 11 is 0. The van der Waals surface area contributed by atoms with Crippen LogP contribution in [0.4, 0.5) is 0 Å². The number of hydrogen-bond acceptors (Lipinski definition) is 4. The predicted molar refractivity (Wildman–Crippen MR) is 98.3 cm³/mol. The Morgan fingerprint density at radius 3 is 2.76 bits per heavy atom. The van der Waals surface area contributed by atoms with Crippen molar-refractivity contribution in [1.29, 1.82) is 0 Å². The maximum atomic E-state index is 11.9. The van der Waals surface area contributed by atoms with Crippen LogP contribution in [0, 0.1) is 0 Å². The van der Waals surface area contributed by atoms with Crippen LogP contribution in [-0.4, -0.2) is 34.4 Å². The minimum absolute atomic E-state index is 0.310. The predicted octanol–water partition coefficient (Wildman–Crippen LogP) is 3.08. The highest BCUT2D eigenvalue weighted by molar-refractivity contribution is 7.90. The highest BCUT2D eigenvalue weighted by Gasteiger charge is 2.18. The van der Waals surface area contributed by atoms with E-state index in [1.165, 1.54) is 6.26 Å². The molecule has 3 aromatic heterocycles. The Morgan fingerprint density at radius 1 is 1.24 bits per heavy atom. The molecule has 4 aromatic rings. The lowest BCUT2D eigenvalue weighted by Crippen LogP contribution is -1.97. The van der Waals surface area contributed by atoms with E-state index in [0.717, 1.165) is 45.2 Å². The zero-order chi connectivity index (χ0) is 17.8. The second kappa shape index (κ2) is 5.42. The van der Waals surface area contributed by atoms with Gasteiger partial charge >= 0.3 is 0 Å². The number of aromatic amines is 1. The Kier molecular flexibility index (Phi) is 3.43. The molecule has 0 radical (unpaired) electrons. The molecule has 0 saturated heterocycles. The van der Waals surface area contributed by atoms with Crippen LogP contribution in [0.3, 0.4) is 0 Å². The third-order valence-electron chi connectivity index (χ3n) is 4.52. The van der Waals surface area contributed by atoms with Crippen LogP contribution in [0.2, 0.25) is 0 Å². The minimum atomic E-state index is -3.26. The van der Waals surface area contributed by atoms with Crippen LogP contribution >= 0.6 is 0 Å². The van der Waals surface area contributed by atoms with E-state index in [9.17, 15) is 8.42 Å². The molecular formula is C18H18N4O2S. The van der Waals surface area contributed by atoms with Crippen molar-refractivity contribution in [2.75, 3.05) is 6.26 Å². The van der Waals surface area contributed by atoms with E-state index in [4.69, 9.17) is 0 Å². The fourth-order valence-electron chi connectivity index (χ4n) is 3.35. The molecule has 0 spiro atoms. The number of aryl methyl sites for hydroxylation is 2. The van der Waals surface area contributed by atoms with Crippen LogP contribution in [0.15, 0.2) is 41.6 Å². The number of sulfone groups is 1. The van der Waals surface area contributed by atoms with Gasteiger partial charge in [-0.2, -0.15) is 5.10 Å². The van der Waals surface area contributed by atoms with E-state index >= 15 is 0 Å². The molecule has 0 aliphatic heterocycles. The first-order valence-corrected chi connectivity index (χ1v) is 9.91. The van der Waals surface area contributed by atoms with Gasteiger partial charge in [0.25, 0.3) is 0 Å². The molecule has 0 bridgehead atoms. The molecule has 0 unspecified atom stereocenters. The first-order chi connectivity index (χ1) is 11.9. The molecule has 25 heavy (non-hydrogen) atoms. The van der Waals surface area contributed by atoms with E-state index in [1.807, 2.05) is 17.8 Å². The highest BCUT2D eigenvalue weighted by Crippen LogP contribution is 2.34. The molecular weight excluding hydrogens is 336 g/mol. The summed E-state index contributed by atoms with van der Waals surface area (Å²) in [5.41, 5.74) is 4.68. The molecule has 0 amide bonds. The van der Waals surface area contributed by atoms with Crippen molar-refractivity contribution in [3.05, 3.63) is 42.2 Å². The summed E-state index contributed by atoms with van der Waals surface area (Å²) in [7, 11) is -1.34. The zero-order valence-electron chi connectivity index (χ0n) is 14.2. The number of aromatic nitrogens is 4. The molecule has 3 heterocycles. The first kappa shape index (κ1) is 15.8. The summed E-state index contributed by atoms with van der Waals surface area (Å²) in [5, 5.41) is 6.36. The van der Waals surface area contributed by atoms with Crippen LogP contribution in [0.5, 0.6) is 0 Å². The first-order valence-electron chi connectivity index (χ1n) is 8.02. The van der Waals surface area contributed by atoms with Crippen molar-refractivity contribution in [1.82, 2.24) is 19.7 Å². The molecule has 6 nitrogen and oxygen atoms in total. The third-order valence-corrected chi connectivity index (χ3v) is 5.64. The topological polar surface area (TPSA) is 80.6 Å². The van der Waals surface area contributed by atoms with Crippen LogP contribution in [0.25, 0.3) is 33.2 Å². The van der Waals surface area contributed by atoms with E-state index < -0.39 is 9.84 Å². The molecule has 1 N–H and O–H groups in total. The molecule has 0 aliphatic rings. The lowest BCUT2D eigenvalue weighted by Gasteiger charge is -2.05. The molecule has 1 aromatic carbocycles. The van der Waals surface area contributed by atoms with E-state index in [1.54, 1.807) is 30.6 Å². The van der Waals surface area contributed by atoms with Gasteiger partial charge in [-0.15, -0.1) is 0 Å². The van der Waals surface area contributed by atoms with Gasteiger partial charge in [-0.1, -0.05) is 19.1 Å². The standard InChI is InChI=1S/C18H18N4O2S/c1-4-14-15-17-12(10-20-22(17)2)9-19-18(15)21-16(14)11-6-5-7-13(8-11)25(3,23)24/h5-10H,4H2,1-3H3,(H,19,21). The number of nitrogens with one attached hydrogen (secondary N) is 1. The molecule has 0 saturated carbocycles. The minimum Gasteiger partial charge on any atom is -0.339 e. The Morgan fingerprint density at radius 2 is 2.04 bits per heavy atom. The summed E-state index contributed by atoms with van der Waals surface area (Å²) in [4.78, 5) is 8.20. The van der Waals surface area contributed by atoms with Gasteiger partial charge < -0.3 is 4.98 Å². The largest absolute Gasteiger partial charge is 0.339 e. The molecule has 4 rings (SSSR count). The van der Waals surface area contributed by atoms with Gasteiger partial charge in [0, 0.05) is 30.3 Å². The zero-order valence-corrected chi connectivity index (χ0v) is 15.1. The third kappa shape index (κ3) is 2.42. The van der Waals surface area contributed by atoms with Gasteiger partial charge in [-0.3, -0.25) is 4.68 Å². The van der Waals surface area contributed by atoms with Crippen LogP contribution in [-0.2, 0) is 23.3 Å². The van der Waals surface area contributed by atoms with Crippen molar-refractivity contribution >= 4 is 31.8 Å². The van der Waals surface area contributed by atoms with Crippen LogP contribution < -0.4 is 0 Å². The molecule has 0 aliphatic carbocycles. The highest BCUT2D eigenvalue weighted by atomic mass is 32.2. The Bertz CT molecular complexity index is 1220. The normalized spacial score (nSPS) is 12.3. The number of rotatable bonds is 3. The molecule has 0 atom stereocenters. The van der Waals surface area contributed by atoms with E-state index in [2.05, 4.69) is 22.0 Å². The Balaban J connectivity index is 2.06. The van der Waals surface area contributed by atoms with E-state index in [-0.39, 0.29) is 0 Å². The number of benzene rings is 1. The lowest BCUT2D eigenvalue weighted by molar-refractivity contribution is 0.602. The number of hydrogen-bond donors (Lipinski definition) is 1. The number of nitrogens with zero attached hydrogens (tertiary/aromatic N) is 3. The lowest BCUT2D eigenvalue weighted by atomic mass is 10.0. The van der Waals surface area contributed by atoms with Crippen molar-refractivity contribution in [3.8, 4) is 11.3 Å². The molecule has 7 heteroatoms. The van der Waals surface area contributed by atoms with Gasteiger partial charge in [0.2, 0.25) is 0 Å². The van der Waals surface area contributed by atoms with Gasteiger partial charge in [-0.05, 0) is 29.7 Å². The van der Waals surface area contributed by atoms with E-state index in [0.29, 0.717) is 4.90 Å². The second-order valence-corrected chi connectivity index (χ2v) is 8.20. The fourth-order valence-corrected chi connectivity index (χ4v) is 4.01. The summed E-state index contributed by atoms with van der Waals surface area (Å²) in [5.74, 6) is 0. The molecule has 0 fully saturated rings. The number of fused-ring (bicyclic) bond motifs is 3. The number of pyridine rings is 1. The van der Waals surface area contributed by atoms with Crippen molar-refractivity contribution in [3.63, 3.8) is 0 Å². The summed E-state index contributed by atoms with van der Waals surface area (Å²) in [6, 6.07) is 7.01. The van der Waals surface area contributed by atoms with Gasteiger partial charge in [0.1, 0.15) is 5.65 Å². The summed E-state index contributed by atoms with van der Waals surface area (Å²) < 4.78 is 25.6. The second-order valence-electron chi connectivity index (χ2n) is 6.19. The summed E-state index contributed by atoms with van der Waals surface area (Å²) in [6.07, 6.45) is 5.62. The average molecular weight is 354 g/mol. The van der Waals surface area contributed by atoms with Crippen molar-refractivity contribution < 1.29 is 8.42 Å². The van der Waals surface area contributed by atoms with Crippen LogP contribution in [0.1, 0.15) is 12.5 Å². The maximum absolute atomic E-state index is 11.9. The van der Waals surface area contributed by atoms with Gasteiger partial charge in [0.05, 0.1) is 22.3 Å². The number of H-pyrrole nitrogens is 1. The Labute approximate surface area is 145 Å². The quantitative estimate of drug-likeness (QED) is 0.613. The van der Waals surface area contributed by atoms with Crippen molar-refractivity contribution in [2.45, 2.75) is 18.2 Å². The molecule has 128 valence electrons.